The van der Waals surface area contributed by atoms with Crippen molar-refractivity contribution in [3.8, 4) is 0 Å². The summed E-state index contributed by atoms with van der Waals surface area (Å²) in [4.78, 5) is 0. The Balaban J connectivity index is 2.29. The maximum absolute atomic E-state index is 13.1. The van der Waals surface area contributed by atoms with Crippen molar-refractivity contribution in [1.82, 2.24) is 0 Å². The van der Waals surface area contributed by atoms with Gasteiger partial charge in [-0.15, -0.1) is 0 Å². The number of benzene rings is 1. The molecule has 20 heavy (non-hydrogen) atoms. The van der Waals surface area contributed by atoms with E-state index in [0.717, 1.165) is 0 Å². The van der Waals surface area contributed by atoms with Crippen LogP contribution in [0, 0.1) is 0 Å². The zero-order valence-electron chi connectivity index (χ0n) is 9.76. The molecule has 0 spiro atoms. The molecule has 0 nitrogen and oxygen atoms in total. The third-order valence-electron chi connectivity index (χ3n) is 3.34. The molecule has 1 aromatic rings. The second-order valence-corrected chi connectivity index (χ2v) is 6.47. The molecule has 2 unspecified atom stereocenters. The van der Waals surface area contributed by atoms with E-state index in [0.29, 0.717) is 10.9 Å². The molecule has 3 heterocycles. The zero-order valence-corrected chi connectivity index (χ0v) is 10.7. The summed E-state index contributed by atoms with van der Waals surface area (Å²) < 4.78 is 78.6. The number of rotatable bonds is 0. The summed E-state index contributed by atoms with van der Waals surface area (Å²) in [6, 6.07) is 6.05. The van der Waals surface area contributed by atoms with E-state index < -0.39 is 37.1 Å². The second-order valence-electron chi connectivity index (χ2n) is 4.51. The van der Waals surface area contributed by atoms with Gasteiger partial charge in [-0.3, -0.25) is 0 Å². The standard InChI is InChI=1S/C13H7F6P/c14-12(15,16)10-8-5-6-20(11(10)13(17,18)19)9-4-2-1-3-7(8)9/h1-6,8H. The van der Waals surface area contributed by atoms with Crippen molar-refractivity contribution in [2.75, 3.05) is 0 Å². The summed E-state index contributed by atoms with van der Waals surface area (Å²) in [6.07, 6.45) is -8.70. The molecule has 3 aliphatic heterocycles. The van der Waals surface area contributed by atoms with Crippen molar-refractivity contribution in [2.24, 2.45) is 0 Å². The molecule has 2 atom stereocenters. The van der Waals surface area contributed by atoms with E-state index in [4.69, 9.17) is 0 Å². The lowest BCUT2D eigenvalue weighted by Crippen LogP contribution is -2.34. The minimum atomic E-state index is -4.98. The Hall–Kier alpha value is -1.29. The van der Waals surface area contributed by atoms with E-state index in [9.17, 15) is 26.3 Å². The van der Waals surface area contributed by atoms with Gasteiger partial charge in [-0.2, -0.15) is 26.3 Å². The fourth-order valence-electron chi connectivity index (χ4n) is 2.65. The lowest BCUT2D eigenvalue weighted by molar-refractivity contribution is -0.112. The van der Waals surface area contributed by atoms with Gasteiger partial charge >= 0.3 is 12.4 Å². The van der Waals surface area contributed by atoms with Crippen LogP contribution in [0.25, 0.3) is 0 Å². The Morgan fingerprint density at radius 1 is 0.900 bits per heavy atom. The summed E-state index contributed by atoms with van der Waals surface area (Å²) in [5, 5.41) is -1.04. The number of alkyl halides is 6. The molecule has 0 saturated heterocycles. The molecule has 3 aliphatic rings. The third kappa shape index (κ3) is 1.89. The van der Waals surface area contributed by atoms with Crippen molar-refractivity contribution in [2.45, 2.75) is 18.3 Å². The van der Waals surface area contributed by atoms with E-state index >= 15 is 0 Å². The molecule has 0 radical (unpaired) electrons. The zero-order chi connectivity index (χ0) is 14.7. The van der Waals surface area contributed by atoms with Crippen LogP contribution in [-0.2, 0) is 0 Å². The summed E-state index contributed by atoms with van der Waals surface area (Å²) in [5.41, 5.74) is -1.11. The third-order valence-corrected chi connectivity index (χ3v) is 5.71. The van der Waals surface area contributed by atoms with Crippen LogP contribution < -0.4 is 5.30 Å². The average molecular weight is 308 g/mol. The van der Waals surface area contributed by atoms with Crippen LogP contribution in [0.3, 0.4) is 0 Å². The molecule has 0 saturated carbocycles. The molecule has 4 rings (SSSR count). The average Bonchev–Trinajstić information content (AvgIpc) is 2.36. The summed E-state index contributed by atoms with van der Waals surface area (Å²) in [7, 11) is -2.12. The Morgan fingerprint density at radius 3 is 2.15 bits per heavy atom. The van der Waals surface area contributed by atoms with Gasteiger partial charge in [0.1, 0.15) is 0 Å². The molecule has 106 valence electrons. The van der Waals surface area contributed by atoms with Crippen molar-refractivity contribution in [1.29, 1.82) is 0 Å². The molecule has 7 heteroatoms. The molecule has 1 aromatic carbocycles. The predicted molar refractivity (Wildman–Crippen MR) is 64.0 cm³/mol. The van der Waals surface area contributed by atoms with Gasteiger partial charge in [0, 0.05) is 5.92 Å². The number of hydrogen-bond donors (Lipinski definition) is 0. The van der Waals surface area contributed by atoms with Crippen LogP contribution >= 0.6 is 7.92 Å². The highest BCUT2D eigenvalue weighted by Crippen LogP contribution is 2.65. The first kappa shape index (κ1) is 13.7. The number of hydrogen-bond acceptors (Lipinski definition) is 0. The maximum atomic E-state index is 13.1. The molecule has 0 aliphatic carbocycles. The molecule has 0 amide bonds. The minimum Gasteiger partial charge on any atom is -0.166 e. The Morgan fingerprint density at radius 2 is 1.55 bits per heavy atom. The van der Waals surface area contributed by atoms with Crippen molar-refractivity contribution in [3.63, 3.8) is 0 Å². The largest absolute Gasteiger partial charge is 0.417 e. The maximum Gasteiger partial charge on any atom is 0.417 e. The molecular weight excluding hydrogens is 301 g/mol. The quantitative estimate of drug-likeness (QED) is 0.477. The first-order valence-electron chi connectivity index (χ1n) is 5.66. The number of allylic oxidation sites excluding steroid dienone is 3. The highest BCUT2D eigenvalue weighted by atomic mass is 31.1. The Kier molecular flexibility index (Phi) is 2.81. The van der Waals surface area contributed by atoms with Crippen LogP contribution in [0.5, 0.6) is 0 Å². The van der Waals surface area contributed by atoms with Crippen LogP contribution in [0.4, 0.5) is 26.3 Å². The summed E-state index contributed by atoms with van der Waals surface area (Å²) in [6.45, 7) is 0. The van der Waals surface area contributed by atoms with Crippen LogP contribution in [-0.4, -0.2) is 12.4 Å². The fraction of sp³-hybridized carbons (Fsp3) is 0.231. The lowest BCUT2D eigenvalue weighted by atomic mass is 9.89. The second kappa shape index (κ2) is 4.10. The van der Waals surface area contributed by atoms with Crippen molar-refractivity contribution in [3.05, 3.63) is 52.6 Å². The minimum absolute atomic E-state index is 0.335. The molecule has 0 N–H and O–H groups in total. The van der Waals surface area contributed by atoms with Gasteiger partial charge in [-0.05, 0) is 18.8 Å². The van der Waals surface area contributed by atoms with Crippen LogP contribution in [0.2, 0.25) is 0 Å². The normalized spacial score (nSPS) is 25.1. The van der Waals surface area contributed by atoms with Crippen LogP contribution in [0.1, 0.15) is 11.5 Å². The summed E-state index contributed by atoms with van der Waals surface area (Å²) >= 11 is 0. The number of halogens is 6. The molecule has 0 fully saturated rings. The van der Waals surface area contributed by atoms with Crippen molar-refractivity contribution < 1.29 is 26.3 Å². The first-order chi connectivity index (χ1) is 9.21. The molecule has 2 bridgehead atoms. The van der Waals surface area contributed by atoms with Gasteiger partial charge in [0.05, 0.1) is 10.9 Å². The highest BCUT2D eigenvalue weighted by Gasteiger charge is 2.55. The highest BCUT2D eigenvalue weighted by molar-refractivity contribution is 7.73. The van der Waals surface area contributed by atoms with E-state index in [-0.39, 0.29) is 0 Å². The summed E-state index contributed by atoms with van der Waals surface area (Å²) in [5.74, 6) is -0.0734. The van der Waals surface area contributed by atoms with Gasteiger partial charge in [0.15, 0.2) is 0 Å². The monoisotopic (exact) mass is 308 g/mol. The van der Waals surface area contributed by atoms with Crippen molar-refractivity contribution >= 4 is 13.2 Å². The van der Waals surface area contributed by atoms with Gasteiger partial charge < -0.3 is 0 Å². The lowest BCUT2D eigenvalue weighted by Gasteiger charge is -2.39. The molecule has 0 aromatic heterocycles. The predicted octanol–water partition coefficient (Wildman–Crippen LogP) is 4.80. The first-order valence-corrected chi connectivity index (χ1v) is 7.07. The smallest absolute Gasteiger partial charge is 0.166 e. The topological polar surface area (TPSA) is 0 Å². The fourth-order valence-corrected chi connectivity index (χ4v) is 5.08. The van der Waals surface area contributed by atoms with E-state index in [1.807, 2.05) is 0 Å². The Bertz CT molecular complexity index is 569. The van der Waals surface area contributed by atoms with Gasteiger partial charge in [-0.1, -0.05) is 36.2 Å². The van der Waals surface area contributed by atoms with Crippen LogP contribution in [0.15, 0.2) is 47.0 Å². The van der Waals surface area contributed by atoms with E-state index in [1.165, 1.54) is 24.0 Å². The van der Waals surface area contributed by atoms with Gasteiger partial charge in [0.2, 0.25) is 0 Å². The van der Waals surface area contributed by atoms with Gasteiger partial charge in [-0.25, -0.2) is 0 Å². The SMILES string of the molecule is FC(F)(F)C1=C(C(F)(F)F)P2C=CC1c1ccccc12. The molecular formula is C13H7F6P. The van der Waals surface area contributed by atoms with E-state index in [1.54, 1.807) is 12.1 Å². The van der Waals surface area contributed by atoms with Gasteiger partial charge in [0.25, 0.3) is 0 Å². The van der Waals surface area contributed by atoms with E-state index in [2.05, 4.69) is 0 Å². The Labute approximate surface area is 111 Å².